The maximum Gasteiger partial charge on any atom is 0.234 e. The van der Waals surface area contributed by atoms with Gasteiger partial charge in [0.2, 0.25) is 11.0 Å². The lowest BCUT2D eigenvalue weighted by Gasteiger charge is -2.07. The Morgan fingerprint density at radius 2 is 2.08 bits per heavy atom. The molecule has 2 aromatic carbocycles. The van der Waals surface area contributed by atoms with Crippen LogP contribution in [0.5, 0.6) is 5.75 Å². The molecule has 0 saturated heterocycles. The number of amides is 1. The second-order valence-corrected chi connectivity index (χ2v) is 8.49. The first-order valence-corrected chi connectivity index (χ1v) is 10.4. The van der Waals surface area contributed by atoms with Crippen molar-refractivity contribution in [1.29, 1.82) is 0 Å². The van der Waals surface area contributed by atoms with Crippen molar-refractivity contribution in [3.05, 3.63) is 52.1 Å². The maximum atomic E-state index is 12.1. The third kappa shape index (κ3) is 5.32. The van der Waals surface area contributed by atoms with Crippen molar-refractivity contribution >= 4 is 68.1 Å². The number of benzene rings is 2. The van der Waals surface area contributed by atoms with Crippen LogP contribution in [0, 0.1) is 3.57 Å². The first kappa shape index (κ1) is 18.9. The summed E-state index contributed by atoms with van der Waals surface area (Å²) in [6.45, 7) is 0. The fraction of sp³-hybridized carbons (Fsp3) is 0.118. The molecule has 0 unspecified atom stereocenters. The predicted octanol–water partition coefficient (Wildman–Crippen LogP) is 4.63. The summed E-state index contributed by atoms with van der Waals surface area (Å²) in [5.74, 6) is 0.926. The summed E-state index contributed by atoms with van der Waals surface area (Å²) in [6, 6.07) is 15.3. The van der Waals surface area contributed by atoms with Crippen LogP contribution in [0.15, 0.2) is 52.9 Å². The topological polar surface area (TPSA) is 76.1 Å². The van der Waals surface area contributed by atoms with Crippen LogP contribution in [0.3, 0.4) is 0 Å². The lowest BCUT2D eigenvalue weighted by Crippen LogP contribution is -2.13. The van der Waals surface area contributed by atoms with Gasteiger partial charge in [-0.15, -0.1) is 10.2 Å². The smallest absolute Gasteiger partial charge is 0.234 e. The largest absolute Gasteiger partial charge is 0.495 e. The van der Waals surface area contributed by atoms with Crippen LogP contribution in [0.2, 0.25) is 0 Å². The Balaban J connectivity index is 1.54. The van der Waals surface area contributed by atoms with E-state index in [0.717, 1.165) is 25.0 Å². The summed E-state index contributed by atoms with van der Waals surface area (Å²) in [6.07, 6.45) is 0. The molecule has 1 aromatic heterocycles. The number of aromatic nitrogens is 2. The minimum absolute atomic E-state index is 0.0774. The zero-order valence-corrected chi connectivity index (χ0v) is 17.5. The molecule has 9 heteroatoms. The fourth-order valence-electron chi connectivity index (χ4n) is 2.07. The summed E-state index contributed by atoms with van der Waals surface area (Å²) in [7, 11) is 1.62. The van der Waals surface area contributed by atoms with Gasteiger partial charge in [0.05, 0.1) is 18.6 Å². The Labute approximate surface area is 172 Å². The molecule has 0 bridgehead atoms. The van der Waals surface area contributed by atoms with Gasteiger partial charge in [-0.05, 0) is 52.9 Å². The van der Waals surface area contributed by atoms with Gasteiger partial charge in [-0.2, -0.15) is 0 Å². The number of hydrogen-bond donors (Lipinski definition) is 2. The van der Waals surface area contributed by atoms with Crippen LogP contribution >= 0.6 is 45.7 Å². The molecule has 26 heavy (non-hydrogen) atoms. The molecule has 3 aromatic rings. The van der Waals surface area contributed by atoms with Crippen molar-refractivity contribution in [2.24, 2.45) is 0 Å². The highest BCUT2D eigenvalue weighted by molar-refractivity contribution is 14.1. The summed E-state index contributed by atoms with van der Waals surface area (Å²) >= 11 is 4.95. The first-order valence-electron chi connectivity index (χ1n) is 7.56. The monoisotopic (exact) mass is 498 g/mol. The molecule has 0 aliphatic rings. The van der Waals surface area contributed by atoms with Gasteiger partial charge in [-0.1, -0.05) is 41.3 Å². The molecular formula is C17H15IN4O2S2. The van der Waals surface area contributed by atoms with Crippen LogP contribution in [0.25, 0.3) is 0 Å². The van der Waals surface area contributed by atoms with E-state index in [2.05, 4.69) is 43.4 Å². The second-order valence-electron chi connectivity index (χ2n) is 5.05. The average Bonchev–Trinajstić information content (AvgIpc) is 3.08. The number of hydrogen-bond acceptors (Lipinski definition) is 7. The summed E-state index contributed by atoms with van der Waals surface area (Å²) < 4.78 is 7.10. The predicted molar refractivity (Wildman–Crippen MR) is 115 cm³/mol. The molecule has 6 nitrogen and oxygen atoms in total. The highest BCUT2D eigenvalue weighted by Gasteiger charge is 2.10. The van der Waals surface area contributed by atoms with Gasteiger partial charge in [-0.3, -0.25) is 4.79 Å². The number of carbonyl (C=O) groups is 1. The third-order valence-electron chi connectivity index (χ3n) is 3.19. The van der Waals surface area contributed by atoms with E-state index >= 15 is 0 Å². The average molecular weight is 498 g/mol. The Morgan fingerprint density at radius 3 is 2.88 bits per heavy atom. The summed E-state index contributed by atoms with van der Waals surface area (Å²) in [5.41, 5.74) is 1.61. The number of nitrogens with zero attached hydrogens (tertiary/aromatic N) is 2. The molecule has 1 heterocycles. The minimum atomic E-state index is -0.0774. The van der Waals surface area contributed by atoms with E-state index in [1.165, 1.54) is 23.1 Å². The minimum Gasteiger partial charge on any atom is -0.495 e. The number of ether oxygens (including phenoxy) is 1. The van der Waals surface area contributed by atoms with Gasteiger partial charge in [0.1, 0.15) is 5.75 Å². The highest BCUT2D eigenvalue weighted by Crippen LogP contribution is 2.31. The Hall–Kier alpha value is -1.85. The van der Waals surface area contributed by atoms with Gasteiger partial charge in [0.25, 0.3) is 0 Å². The van der Waals surface area contributed by atoms with Crippen molar-refractivity contribution in [2.45, 2.75) is 4.34 Å². The van der Waals surface area contributed by atoms with Crippen LogP contribution < -0.4 is 15.4 Å². The van der Waals surface area contributed by atoms with Crippen molar-refractivity contribution in [1.82, 2.24) is 10.2 Å². The van der Waals surface area contributed by atoms with Crippen LogP contribution in [0.4, 0.5) is 16.5 Å². The number of nitrogens with one attached hydrogen (secondary N) is 2. The number of para-hydroxylation sites is 2. The van der Waals surface area contributed by atoms with E-state index < -0.39 is 0 Å². The van der Waals surface area contributed by atoms with Crippen LogP contribution in [0.1, 0.15) is 0 Å². The number of thioether (sulfide) groups is 1. The van der Waals surface area contributed by atoms with Crippen molar-refractivity contribution < 1.29 is 9.53 Å². The van der Waals surface area contributed by atoms with Crippen molar-refractivity contribution in [3.8, 4) is 5.75 Å². The second kappa shape index (κ2) is 9.19. The van der Waals surface area contributed by atoms with E-state index in [1.54, 1.807) is 7.11 Å². The first-order chi connectivity index (χ1) is 12.6. The van der Waals surface area contributed by atoms with E-state index in [1.807, 2.05) is 48.5 Å². The summed E-state index contributed by atoms with van der Waals surface area (Å²) in [5, 5.41) is 14.9. The van der Waals surface area contributed by atoms with Gasteiger partial charge in [0, 0.05) is 9.26 Å². The molecule has 1 amide bonds. The molecule has 0 spiro atoms. The van der Waals surface area contributed by atoms with Crippen molar-refractivity contribution in [3.63, 3.8) is 0 Å². The molecule has 0 fully saturated rings. The highest BCUT2D eigenvalue weighted by atomic mass is 127. The lowest BCUT2D eigenvalue weighted by molar-refractivity contribution is -0.113. The molecule has 3 rings (SSSR count). The van der Waals surface area contributed by atoms with Crippen LogP contribution in [-0.2, 0) is 4.79 Å². The number of anilines is 3. The molecule has 0 aliphatic carbocycles. The van der Waals surface area contributed by atoms with Gasteiger partial charge >= 0.3 is 0 Å². The molecule has 0 aliphatic heterocycles. The number of carbonyl (C=O) groups excluding carboxylic acids is 1. The zero-order valence-electron chi connectivity index (χ0n) is 13.7. The third-order valence-corrected chi connectivity index (χ3v) is 5.83. The van der Waals surface area contributed by atoms with E-state index in [-0.39, 0.29) is 11.7 Å². The Morgan fingerprint density at radius 1 is 1.23 bits per heavy atom. The van der Waals surface area contributed by atoms with E-state index in [0.29, 0.717) is 5.13 Å². The number of halogens is 1. The number of rotatable bonds is 7. The SMILES string of the molecule is COc1ccccc1Nc1nnc(SCC(=O)Nc2cccc(I)c2)s1. The lowest BCUT2D eigenvalue weighted by atomic mass is 10.3. The Bertz CT molecular complexity index is 904. The van der Waals surface area contributed by atoms with Gasteiger partial charge in [0.15, 0.2) is 4.34 Å². The molecular weight excluding hydrogens is 483 g/mol. The molecule has 0 atom stereocenters. The molecule has 0 saturated carbocycles. The van der Waals surface area contributed by atoms with E-state index in [9.17, 15) is 4.79 Å². The van der Waals surface area contributed by atoms with Gasteiger partial charge < -0.3 is 15.4 Å². The summed E-state index contributed by atoms with van der Waals surface area (Å²) in [4.78, 5) is 12.1. The fourth-order valence-corrected chi connectivity index (χ4v) is 4.18. The van der Waals surface area contributed by atoms with Gasteiger partial charge in [-0.25, -0.2) is 0 Å². The quantitative estimate of drug-likeness (QED) is 0.366. The normalized spacial score (nSPS) is 10.4. The maximum absolute atomic E-state index is 12.1. The molecule has 134 valence electrons. The zero-order chi connectivity index (χ0) is 18.4. The Kier molecular flexibility index (Phi) is 6.69. The van der Waals surface area contributed by atoms with E-state index in [4.69, 9.17) is 4.74 Å². The standard InChI is InChI=1S/C17H15IN4O2S2/c1-24-14-8-3-2-7-13(14)20-16-21-22-17(26-16)25-10-15(23)19-12-6-4-5-11(18)9-12/h2-9H,10H2,1H3,(H,19,23)(H,20,21). The van der Waals surface area contributed by atoms with Crippen molar-refractivity contribution in [2.75, 3.05) is 23.5 Å². The molecule has 0 radical (unpaired) electrons. The molecule has 2 N–H and O–H groups in total. The van der Waals surface area contributed by atoms with Crippen LogP contribution in [-0.4, -0.2) is 29.0 Å². The number of methoxy groups -OCH3 is 1.